The number of aliphatic imine (C=N–C) groups is 1. The minimum absolute atomic E-state index is 0.104. The molecule has 0 radical (unpaired) electrons. The smallest absolute Gasteiger partial charge is 0.356 e. The number of rotatable bonds is 6. The average molecular weight is 376 g/mol. The zero-order chi connectivity index (χ0) is 17.5. The Kier molecular flexibility index (Phi) is 7.95. The highest BCUT2D eigenvalue weighted by Gasteiger charge is 2.50. The van der Waals surface area contributed by atoms with Gasteiger partial charge in [0.25, 0.3) is 0 Å². The fourth-order valence-corrected chi connectivity index (χ4v) is 3.52. The Balaban J connectivity index is 2.40. The van der Waals surface area contributed by atoms with Gasteiger partial charge in [-0.05, 0) is 25.0 Å². The SMILES string of the molecule is CN=C(NCCSC)NCC1CCN(S(=O)(=O)C(F)(F)F)CC1. The first-order chi connectivity index (χ1) is 10.7. The van der Waals surface area contributed by atoms with E-state index in [2.05, 4.69) is 15.6 Å². The zero-order valence-corrected chi connectivity index (χ0v) is 14.8. The van der Waals surface area contributed by atoms with Crippen LogP contribution < -0.4 is 10.6 Å². The molecule has 0 aromatic rings. The van der Waals surface area contributed by atoms with Crippen molar-refractivity contribution in [3.8, 4) is 0 Å². The van der Waals surface area contributed by atoms with Crippen LogP contribution in [0.3, 0.4) is 0 Å². The predicted octanol–water partition coefficient (Wildman–Crippen LogP) is 1.08. The molecule has 2 N–H and O–H groups in total. The van der Waals surface area contributed by atoms with Gasteiger partial charge in [0.2, 0.25) is 0 Å². The molecule has 1 rings (SSSR count). The lowest BCUT2D eigenvalue weighted by Crippen LogP contribution is -2.47. The summed E-state index contributed by atoms with van der Waals surface area (Å²) in [6.07, 6.45) is 2.79. The normalized spacial score (nSPS) is 18.9. The first-order valence-electron chi connectivity index (χ1n) is 7.22. The van der Waals surface area contributed by atoms with Crippen molar-refractivity contribution in [3.05, 3.63) is 0 Å². The molecule has 0 bridgehead atoms. The minimum atomic E-state index is -5.22. The number of piperidine rings is 1. The van der Waals surface area contributed by atoms with E-state index in [-0.39, 0.29) is 19.0 Å². The summed E-state index contributed by atoms with van der Waals surface area (Å²) in [6.45, 7) is 1.11. The summed E-state index contributed by atoms with van der Waals surface area (Å²) in [5.74, 6) is 1.70. The second-order valence-electron chi connectivity index (χ2n) is 5.17. The molecule has 0 aromatic carbocycles. The predicted molar refractivity (Wildman–Crippen MR) is 87.0 cm³/mol. The van der Waals surface area contributed by atoms with Crippen LogP contribution in [0.2, 0.25) is 0 Å². The quantitative estimate of drug-likeness (QED) is 0.412. The molecule has 0 atom stereocenters. The first-order valence-corrected chi connectivity index (χ1v) is 10.1. The van der Waals surface area contributed by atoms with E-state index in [1.165, 1.54) is 0 Å². The summed E-state index contributed by atoms with van der Waals surface area (Å²) in [7, 11) is -3.55. The van der Waals surface area contributed by atoms with Crippen molar-refractivity contribution in [1.82, 2.24) is 14.9 Å². The van der Waals surface area contributed by atoms with E-state index in [9.17, 15) is 21.6 Å². The molecule has 0 spiro atoms. The van der Waals surface area contributed by atoms with Gasteiger partial charge in [-0.1, -0.05) is 0 Å². The van der Waals surface area contributed by atoms with Crippen LogP contribution in [0.25, 0.3) is 0 Å². The topological polar surface area (TPSA) is 73.8 Å². The number of nitrogens with zero attached hydrogens (tertiary/aromatic N) is 2. The van der Waals surface area contributed by atoms with Crippen molar-refractivity contribution in [1.29, 1.82) is 0 Å². The average Bonchev–Trinajstić information content (AvgIpc) is 2.50. The monoisotopic (exact) mass is 376 g/mol. The van der Waals surface area contributed by atoms with Crippen LogP contribution in [0.1, 0.15) is 12.8 Å². The Labute approximate surface area is 139 Å². The van der Waals surface area contributed by atoms with Crippen molar-refractivity contribution in [2.24, 2.45) is 10.9 Å². The number of sulfonamides is 1. The van der Waals surface area contributed by atoms with E-state index in [4.69, 9.17) is 0 Å². The van der Waals surface area contributed by atoms with Crippen molar-refractivity contribution >= 4 is 27.7 Å². The molecule has 6 nitrogen and oxygen atoms in total. The summed E-state index contributed by atoms with van der Waals surface area (Å²) in [5, 5.41) is 6.25. The van der Waals surface area contributed by atoms with Gasteiger partial charge in [0.05, 0.1) is 0 Å². The van der Waals surface area contributed by atoms with Crippen LogP contribution in [-0.2, 0) is 10.0 Å². The van der Waals surface area contributed by atoms with Gasteiger partial charge in [-0.25, -0.2) is 8.42 Å². The maximum absolute atomic E-state index is 12.5. The van der Waals surface area contributed by atoms with E-state index in [0.29, 0.717) is 29.7 Å². The third-order valence-electron chi connectivity index (χ3n) is 3.59. The van der Waals surface area contributed by atoms with E-state index < -0.39 is 15.5 Å². The minimum Gasteiger partial charge on any atom is -0.356 e. The highest BCUT2D eigenvalue weighted by Crippen LogP contribution is 2.30. The molecule has 0 aromatic heterocycles. The van der Waals surface area contributed by atoms with E-state index in [1.54, 1.807) is 18.8 Å². The van der Waals surface area contributed by atoms with E-state index >= 15 is 0 Å². The molecule has 1 saturated heterocycles. The number of alkyl halides is 3. The van der Waals surface area contributed by atoms with Gasteiger partial charge in [-0.15, -0.1) is 0 Å². The second kappa shape index (κ2) is 8.97. The van der Waals surface area contributed by atoms with Crippen LogP contribution in [0.15, 0.2) is 4.99 Å². The Hall–Kier alpha value is -0.680. The van der Waals surface area contributed by atoms with Gasteiger partial charge in [0.15, 0.2) is 5.96 Å². The molecule has 0 saturated carbocycles. The summed E-state index contributed by atoms with van der Waals surface area (Å²) in [4.78, 5) is 4.06. The Morgan fingerprint density at radius 2 is 1.91 bits per heavy atom. The van der Waals surface area contributed by atoms with Gasteiger partial charge in [0.1, 0.15) is 0 Å². The summed E-state index contributed by atoms with van der Waals surface area (Å²) in [6, 6.07) is 0. The Morgan fingerprint density at radius 1 is 1.30 bits per heavy atom. The number of halogens is 3. The van der Waals surface area contributed by atoms with Crippen LogP contribution in [0, 0.1) is 5.92 Å². The van der Waals surface area contributed by atoms with Gasteiger partial charge in [0, 0.05) is 39.0 Å². The molecule has 1 aliphatic rings. The largest absolute Gasteiger partial charge is 0.511 e. The van der Waals surface area contributed by atoms with Crippen LogP contribution in [0.5, 0.6) is 0 Å². The molecule has 11 heteroatoms. The Bertz CT molecular complexity index is 489. The maximum atomic E-state index is 12.5. The van der Waals surface area contributed by atoms with Gasteiger partial charge in [-0.3, -0.25) is 4.99 Å². The standard InChI is InChI=1S/C12H23F3N4O2S2/c1-16-11(17-5-8-22-2)18-9-10-3-6-19(7-4-10)23(20,21)12(13,14)15/h10H,3-9H2,1-2H3,(H2,16,17,18). The lowest BCUT2D eigenvalue weighted by atomic mass is 9.98. The van der Waals surface area contributed by atoms with Crippen LogP contribution in [-0.4, -0.2) is 69.4 Å². The van der Waals surface area contributed by atoms with Crippen LogP contribution in [0.4, 0.5) is 13.2 Å². The fraction of sp³-hybridized carbons (Fsp3) is 0.917. The maximum Gasteiger partial charge on any atom is 0.511 e. The molecule has 0 unspecified atom stereocenters. The fourth-order valence-electron chi connectivity index (χ4n) is 2.23. The summed E-state index contributed by atoms with van der Waals surface area (Å²) >= 11 is 1.71. The highest BCUT2D eigenvalue weighted by atomic mass is 32.2. The molecule has 136 valence electrons. The molecule has 0 aliphatic carbocycles. The molecule has 1 aliphatic heterocycles. The lowest BCUT2D eigenvalue weighted by molar-refractivity contribution is -0.0496. The lowest BCUT2D eigenvalue weighted by Gasteiger charge is -2.31. The zero-order valence-electron chi connectivity index (χ0n) is 13.2. The van der Waals surface area contributed by atoms with Gasteiger partial charge >= 0.3 is 15.5 Å². The summed E-state index contributed by atoms with van der Waals surface area (Å²) in [5.41, 5.74) is -5.22. The van der Waals surface area contributed by atoms with Crippen LogP contribution >= 0.6 is 11.8 Å². The van der Waals surface area contributed by atoms with E-state index in [1.807, 2.05) is 6.26 Å². The molecule has 0 amide bonds. The molecule has 1 fully saturated rings. The third-order valence-corrected chi connectivity index (χ3v) is 5.83. The summed E-state index contributed by atoms with van der Waals surface area (Å²) < 4.78 is 60.7. The van der Waals surface area contributed by atoms with Crippen molar-refractivity contribution in [2.45, 2.75) is 18.3 Å². The Morgan fingerprint density at radius 3 is 2.39 bits per heavy atom. The number of hydrogen-bond acceptors (Lipinski definition) is 4. The number of hydrogen-bond donors (Lipinski definition) is 2. The molecular formula is C12H23F3N4O2S2. The number of nitrogens with one attached hydrogen (secondary N) is 2. The van der Waals surface area contributed by atoms with Crippen molar-refractivity contribution in [2.75, 3.05) is 45.2 Å². The third kappa shape index (κ3) is 6.03. The molecular weight excluding hydrogens is 353 g/mol. The highest BCUT2D eigenvalue weighted by molar-refractivity contribution is 7.98. The second-order valence-corrected chi connectivity index (χ2v) is 8.08. The molecule has 1 heterocycles. The van der Waals surface area contributed by atoms with E-state index in [0.717, 1.165) is 12.3 Å². The molecule has 23 heavy (non-hydrogen) atoms. The van der Waals surface area contributed by atoms with Gasteiger partial charge < -0.3 is 10.6 Å². The van der Waals surface area contributed by atoms with Crippen molar-refractivity contribution < 1.29 is 21.6 Å². The number of thioether (sulfide) groups is 1. The number of guanidine groups is 1. The first kappa shape index (κ1) is 20.4. The van der Waals surface area contributed by atoms with Crippen molar-refractivity contribution in [3.63, 3.8) is 0 Å². The van der Waals surface area contributed by atoms with Gasteiger partial charge in [-0.2, -0.15) is 29.2 Å².